The van der Waals surface area contributed by atoms with Gasteiger partial charge in [-0.3, -0.25) is 4.99 Å². The standard InChI is InChI=1S/C20H27N3O3S/c1-20(2)15-23(11-13-27(20,24)25)19(21-3)22-10-12-26-18-9-8-16-6-4-5-7-17(16)14-18/h4-9,14H,10-13,15H2,1-3H3,(H,21,22). The lowest BCUT2D eigenvalue weighted by molar-refractivity contribution is 0.313. The maximum absolute atomic E-state index is 12.2. The van der Waals surface area contributed by atoms with E-state index in [1.54, 1.807) is 20.9 Å². The van der Waals surface area contributed by atoms with Gasteiger partial charge in [-0.2, -0.15) is 0 Å². The van der Waals surface area contributed by atoms with Crippen molar-refractivity contribution in [1.29, 1.82) is 0 Å². The van der Waals surface area contributed by atoms with Crippen molar-refractivity contribution in [3.05, 3.63) is 42.5 Å². The maximum atomic E-state index is 12.2. The summed E-state index contributed by atoms with van der Waals surface area (Å²) in [6.45, 7) is 5.50. The second kappa shape index (κ2) is 7.76. The molecular weight excluding hydrogens is 362 g/mol. The van der Waals surface area contributed by atoms with Gasteiger partial charge in [-0.15, -0.1) is 0 Å². The predicted molar refractivity (Wildman–Crippen MR) is 110 cm³/mol. The summed E-state index contributed by atoms with van der Waals surface area (Å²) in [4.78, 5) is 6.29. The van der Waals surface area contributed by atoms with Gasteiger partial charge in [-0.05, 0) is 36.8 Å². The van der Waals surface area contributed by atoms with E-state index in [1.807, 2.05) is 35.2 Å². The third kappa shape index (κ3) is 4.35. The number of sulfone groups is 1. The van der Waals surface area contributed by atoms with Crippen molar-refractivity contribution in [2.24, 2.45) is 4.99 Å². The smallest absolute Gasteiger partial charge is 0.193 e. The van der Waals surface area contributed by atoms with Crippen LogP contribution in [0.1, 0.15) is 13.8 Å². The van der Waals surface area contributed by atoms with Crippen LogP contribution in [0.3, 0.4) is 0 Å². The van der Waals surface area contributed by atoms with Crippen LogP contribution < -0.4 is 10.1 Å². The van der Waals surface area contributed by atoms with E-state index in [4.69, 9.17) is 4.74 Å². The van der Waals surface area contributed by atoms with Crippen molar-refractivity contribution in [3.63, 3.8) is 0 Å². The van der Waals surface area contributed by atoms with E-state index < -0.39 is 14.6 Å². The molecule has 1 aliphatic rings. The first-order valence-electron chi connectivity index (χ1n) is 9.12. The summed E-state index contributed by atoms with van der Waals surface area (Å²) in [5.41, 5.74) is 0. The maximum Gasteiger partial charge on any atom is 0.193 e. The number of nitrogens with zero attached hydrogens (tertiary/aromatic N) is 2. The van der Waals surface area contributed by atoms with Gasteiger partial charge < -0.3 is 15.0 Å². The molecule has 2 aromatic rings. The number of rotatable bonds is 4. The van der Waals surface area contributed by atoms with Crippen LogP contribution in [0.2, 0.25) is 0 Å². The van der Waals surface area contributed by atoms with Crippen LogP contribution in [0.5, 0.6) is 5.75 Å². The van der Waals surface area contributed by atoms with E-state index in [-0.39, 0.29) is 5.75 Å². The topological polar surface area (TPSA) is 71.0 Å². The van der Waals surface area contributed by atoms with E-state index in [0.29, 0.717) is 32.2 Å². The average molecular weight is 390 g/mol. The zero-order valence-electron chi connectivity index (χ0n) is 16.1. The summed E-state index contributed by atoms with van der Waals surface area (Å²) in [5, 5.41) is 5.60. The number of guanidine groups is 1. The van der Waals surface area contributed by atoms with Gasteiger partial charge in [0.2, 0.25) is 0 Å². The normalized spacial score (nSPS) is 19.1. The van der Waals surface area contributed by atoms with Crippen LogP contribution in [-0.4, -0.2) is 63.1 Å². The molecule has 27 heavy (non-hydrogen) atoms. The quantitative estimate of drug-likeness (QED) is 0.494. The van der Waals surface area contributed by atoms with Gasteiger partial charge in [0.25, 0.3) is 0 Å². The Kier molecular flexibility index (Phi) is 5.60. The predicted octanol–water partition coefficient (Wildman–Crippen LogP) is 2.30. The number of hydrogen-bond donors (Lipinski definition) is 1. The molecule has 1 saturated heterocycles. The van der Waals surface area contributed by atoms with Crippen molar-refractivity contribution in [2.45, 2.75) is 18.6 Å². The van der Waals surface area contributed by atoms with Crippen LogP contribution >= 0.6 is 0 Å². The summed E-state index contributed by atoms with van der Waals surface area (Å²) in [5.74, 6) is 1.68. The van der Waals surface area contributed by atoms with E-state index in [9.17, 15) is 8.42 Å². The molecule has 0 bridgehead atoms. The second-order valence-electron chi connectivity index (χ2n) is 7.33. The lowest BCUT2D eigenvalue weighted by Crippen LogP contribution is -2.57. The van der Waals surface area contributed by atoms with Crippen LogP contribution in [-0.2, 0) is 9.84 Å². The molecule has 6 nitrogen and oxygen atoms in total. The highest BCUT2D eigenvalue weighted by molar-refractivity contribution is 7.92. The van der Waals surface area contributed by atoms with E-state index >= 15 is 0 Å². The fourth-order valence-corrected chi connectivity index (χ4v) is 4.61. The Morgan fingerprint density at radius 1 is 1.22 bits per heavy atom. The van der Waals surface area contributed by atoms with Crippen LogP contribution in [0.15, 0.2) is 47.5 Å². The molecule has 0 spiro atoms. The molecule has 146 valence electrons. The first-order chi connectivity index (χ1) is 12.8. The second-order valence-corrected chi connectivity index (χ2v) is 10.1. The molecule has 0 saturated carbocycles. The Hall–Kier alpha value is -2.28. The molecule has 0 unspecified atom stereocenters. The Morgan fingerprint density at radius 3 is 2.67 bits per heavy atom. The molecule has 0 aromatic heterocycles. The van der Waals surface area contributed by atoms with Crippen LogP contribution in [0.4, 0.5) is 0 Å². The van der Waals surface area contributed by atoms with Gasteiger partial charge in [-0.25, -0.2) is 8.42 Å². The molecule has 0 aliphatic carbocycles. The Balaban J connectivity index is 1.53. The molecule has 7 heteroatoms. The molecule has 0 amide bonds. The minimum Gasteiger partial charge on any atom is -0.492 e. The first kappa shape index (κ1) is 19.5. The average Bonchev–Trinajstić information content (AvgIpc) is 2.64. The zero-order chi connectivity index (χ0) is 19.5. The molecule has 3 rings (SSSR count). The van der Waals surface area contributed by atoms with Crippen molar-refractivity contribution in [2.75, 3.05) is 39.0 Å². The molecule has 2 aromatic carbocycles. The molecule has 1 N–H and O–H groups in total. The van der Waals surface area contributed by atoms with Gasteiger partial charge in [0.05, 0.1) is 17.0 Å². The molecule has 0 radical (unpaired) electrons. The van der Waals surface area contributed by atoms with Gasteiger partial charge in [-0.1, -0.05) is 30.3 Å². The van der Waals surface area contributed by atoms with Gasteiger partial charge in [0, 0.05) is 20.1 Å². The summed E-state index contributed by atoms with van der Waals surface area (Å²) in [7, 11) is -1.35. The van der Waals surface area contributed by atoms with E-state index in [0.717, 1.165) is 11.1 Å². The third-order valence-corrected chi connectivity index (χ3v) is 7.46. The number of hydrogen-bond acceptors (Lipinski definition) is 4. The number of ether oxygens (including phenoxy) is 1. The highest BCUT2D eigenvalue weighted by atomic mass is 32.2. The number of aliphatic imine (C=N–C) groups is 1. The fourth-order valence-electron chi connectivity index (χ4n) is 3.25. The van der Waals surface area contributed by atoms with E-state index in [1.165, 1.54) is 5.39 Å². The first-order valence-corrected chi connectivity index (χ1v) is 10.8. The SMILES string of the molecule is CN=C(NCCOc1ccc2ccccc2c1)N1CCS(=O)(=O)C(C)(C)C1. The fraction of sp³-hybridized carbons (Fsp3) is 0.450. The van der Waals surface area contributed by atoms with Crippen LogP contribution in [0, 0.1) is 0 Å². The number of nitrogens with one attached hydrogen (secondary N) is 1. The van der Waals surface area contributed by atoms with Crippen LogP contribution in [0.25, 0.3) is 10.8 Å². The molecule has 1 fully saturated rings. The van der Waals surface area contributed by atoms with Crippen molar-refractivity contribution in [3.8, 4) is 5.75 Å². The summed E-state index contributed by atoms with van der Waals surface area (Å²) in [6.07, 6.45) is 0. The monoisotopic (exact) mass is 389 g/mol. The Morgan fingerprint density at radius 2 is 1.96 bits per heavy atom. The molecular formula is C20H27N3O3S. The van der Waals surface area contributed by atoms with Gasteiger partial charge in [0.1, 0.15) is 12.4 Å². The summed E-state index contributed by atoms with van der Waals surface area (Å²) >= 11 is 0. The number of benzene rings is 2. The molecule has 0 atom stereocenters. The third-order valence-electron chi connectivity index (χ3n) is 4.93. The Bertz CT molecular complexity index is 938. The molecule has 1 aliphatic heterocycles. The largest absolute Gasteiger partial charge is 0.492 e. The summed E-state index contributed by atoms with van der Waals surface area (Å²) in [6, 6.07) is 14.2. The minimum absolute atomic E-state index is 0.147. The lowest BCUT2D eigenvalue weighted by Gasteiger charge is -2.39. The molecule has 1 heterocycles. The van der Waals surface area contributed by atoms with Crippen molar-refractivity contribution in [1.82, 2.24) is 10.2 Å². The van der Waals surface area contributed by atoms with Crippen molar-refractivity contribution < 1.29 is 13.2 Å². The zero-order valence-corrected chi connectivity index (χ0v) is 16.9. The highest BCUT2D eigenvalue weighted by Crippen LogP contribution is 2.24. The summed E-state index contributed by atoms with van der Waals surface area (Å²) < 4.78 is 29.4. The van der Waals surface area contributed by atoms with E-state index in [2.05, 4.69) is 22.4 Å². The lowest BCUT2D eigenvalue weighted by atomic mass is 10.1. The van der Waals surface area contributed by atoms with Gasteiger partial charge >= 0.3 is 0 Å². The minimum atomic E-state index is -3.06. The van der Waals surface area contributed by atoms with Gasteiger partial charge in [0.15, 0.2) is 15.8 Å². The van der Waals surface area contributed by atoms with Crippen molar-refractivity contribution >= 4 is 26.6 Å². The number of fused-ring (bicyclic) bond motifs is 1. The Labute approximate surface area is 161 Å². The highest BCUT2D eigenvalue weighted by Gasteiger charge is 2.40.